The third-order valence-corrected chi connectivity index (χ3v) is 6.82. The molecule has 2 aromatic carbocycles. The first-order valence-electron chi connectivity index (χ1n) is 9.36. The van der Waals surface area contributed by atoms with Crippen LogP contribution in [0.25, 0.3) is 5.57 Å². The van der Waals surface area contributed by atoms with Crippen LogP contribution in [0.1, 0.15) is 12.5 Å². The van der Waals surface area contributed by atoms with E-state index in [2.05, 4.69) is 11.9 Å². The van der Waals surface area contributed by atoms with Crippen molar-refractivity contribution in [3.8, 4) is 17.2 Å². The molecule has 0 saturated carbocycles. The minimum Gasteiger partial charge on any atom is -0.493 e. The van der Waals surface area contributed by atoms with Gasteiger partial charge < -0.3 is 19.5 Å². The standard InChI is InChI=1S/C22H24N2O6S/c1-6-11-30-16-9-7-15(8-10-16)23-22(25)21-14(2)17-12-19(28-4)20(29-5)13-18(17)24(3)31(21,26)27/h6-10,12-13H,1,11H2,2-5H3,(H,23,25). The molecule has 1 amide bonds. The minimum atomic E-state index is -4.08. The fourth-order valence-electron chi connectivity index (χ4n) is 3.28. The average Bonchev–Trinajstić information content (AvgIpc) is 2.76. The quantitative estimate of drug-likeness (QED) is 0.658. The van der Waals surface area contributed by atoms with Gasteiger partial charge in [0.05, 0.1) is 19.9 Å². The third kappa shape index (κ3) is 4.09. The Morgan fingerprint density at radius 2 is 1.74 bits per heavy atom. The molecule has 0 unspecified atom stereocenters. The Labute approximate surface area is 181 Å². The molecule has 3 rings (SSSR count). The van der Waals surface area contributed by atoms with Crippen LogP contribution in [0.5, 0.6) is 17.2 Å². The van der Waals surface area contributed by atoms with Crippen molar-refractivity contribution in [1.29, 1.82) is 0 Å². The number of anilines is 2. The summed E-state index contributed by atoms with van der Waals surface area (Å²) < 4.78 is 43.4. The molecule has 164 valence electrons. The van der Waals surface area contributed by atoms with Crippen LogP contribution >= 0.6 is 0 Å². The second-order valence-corrected chi connectivity index (χ2v) is 8.64. The molecule has 1 heterocycles. The number of fused-ring (bicyclic) bond motifs is 1. The fourth-order valence-corrected chi connectivity index (χ4v) is 4.74. The van der Waals surface area contributed by atoms with Crippen molar-refractivity contribution in [3.05, 3.63) is 59.5 Å². The molecule has 0 aromatic heterocycles. The number of carbonyl (C=O) groups is 1. The number of benzene rings is 2. The molecule has 1 N–H and O–H groups in total. The van der Waals surface area contributed by atoms with Crippen molar-refractivity contribution >= 4 is 32.9 Å². The van der Waals surface area contributed by atoms with E-state index >= 15 is 0 Å². The summed E-state index contributed by atoms with van der Waals surface area (Å²) in [6.45, 7) is 5.54. The Bertz CT molecular complexity index is 1150. The Kier molecular flexibility index (Phi) is 6.26. The molecule has 0 atom stereocenters. The molecule has 8 nitrogen and oxygen atoms in total. The first kappa shape index (κ1) is 22.2. The summed E-state index contributed by atoms with van der Waals surface area (Å²) in [5, 5.41) is 2.65. The van der Waals surface area contributed by atoms with E-state index in [9.17, 15) is 13.2 Å². The molecular formula is C22H24N2O6S. The normalized spacial score (nSPS) is 14.5. The van der Waals surface area contributed by atoms with Crippen molar-refractivity contribution in [3.63, 3.8) is 0 Å². The van der Waals surface area contributed by atoms with Crippen molar-refractivity contribution in [2.45, 2.75) is 6.92 Å². The van der Waals surface area contributed by atoms with Gasteiger partial charge in [0, 0.05) is 24.4 Å². The van der Waals surface area contributed by atoms with Gasteiger partial charge in [-0.3, -0.25) is 9.10 Å². The molecule has 0 spiro atoms. The molecule has 0 saturated heterocycles. The maximum Gasteiger partial charge on any atom is 0.269 e. The van der Waals surface area contributed by atoms with E-state index in [1.54, 1.807) is 49.4 Å². The lowest BCUT2D eigenvalue weighted by atomic mass is 10.0. The molecule has 9 heteroatoms. The highest BCUT2D eigenvalue weighted by Crippen LogP contribution is 2.44. The number of nitrogens with one attached hydrogen (secondary N) is 1. The van der Waals surface area contributed by atoms with E-state index in [1.807, 2.05) is 0 Å². The molecule has 0 fully saturated rings. The zero-order valence-corrected chi connectivity index (χ0v) is 18.6. The Morgan fingerprint density at radius 1 is 1.13 bits per heavy atom. The Balaban J connectivity index is 2.01. The maximum absolute atomic E-state index is 13.1. The SMILES string of the molecule is C=CCOc1ccc(NC(=O)C2=C(C)c3cc(OC)c(OC)cc3N(C)S2(=O)=O)cc1. The zero-order valence-electron chi connectivity index (χ0n) is 17.8. The summed E-state index contributed by atoms with van der Waals surface area (Å²) in [6, 6.07) is 9.85. The van der Waals surface area contributed by atoms with Crippen molar-refractivity contribution in [1.82, 2.24) is 0 Å². The van der Waals surface area contributed by atoms with Crippen LogP contribution in [0.4, 0.5) is 11.4 Å². The zero-order chi connectivity index (χ0) is 22.8. The predicted molar refractivity (Wildman–Crippen MR) is 120 cm³/mol. The van der Waals surface area contributed by atoms with Crippen molar-refractivity contribution in [2.24, 2.45) is 0 Å². The highest BCUT2D eigenvalue weighted by atomic mass is 32.2. The summed E-state index contributed by atoms with van der Waals surface area (Å²) >= 11 is 0. The number of nitrogens with zero attached hydrogens (tertiary/aromatic N) is 1. The minimum absolute atomic E-state index is 0.317. The average molecular weight is 445 g/mol. The first-order valence-corrected chi connectivity index (χ1v) is 10.8. The van der Waals surface area contributed by atoms with E-state index in [-0.39, 0.29) is 4.91 Å². The van der Waals surface area contributed by atoms with Crippen LogP contribution in [0.2, 0.25) is 0 Å². The lowest BCUT2D eigenvalue weighted by Crippen LogP contribution is -2.36. The predicted octanol–water partition coefficient (Wildman–Crippen LogP) is 3.42. The van der Waals surface area contributed by atoms with Gasteiger partial charge in [-0.2, -0.15) is 0 Å². The van der Waals surface area contributed by atoms with Gasteiger partial charge in [-0.1, -0.05) is 12.7 Å². The number of sulfonamides is 1. The van der Waals surface area contributed by atoms with Crippen molar-refractivity contribution < 1.29 is 27.4 Å². The van der Waals surface area contributed by atoms with Gasteiger partial charge >= 0.3 is 0 Å². The van der Waals surface area contributed by atoms with Crippen LogP contribution in [0.15, 0.2) is 54.0 Å². The van der Waals surface area contributed by atoms with Gasteiger partial charge in [-0.25, -0.2) is 8.42 Å². The number of rotatable bonds is 7. The molecule has 1 aliphatic rings. The Morgan fingerprint density at radius 3 is 2.32 bits per heavy atom. The van der Waals surface area contributed by atoms with E-state index in [0.717, 1.165) is 4.31 Å². The largest absolute Gasteiger partial charge is 0.493 e. The number of carbonyl (C=O) groups excluding carboxylic acids is 1. The highest BCUT2D eigenvalue weighted by Gasteiger charge is 2.38. The molecule has 1 aliphatic heterocycles. The van der Waals surface area contributed by atoms with Crippen LogP contribution in [0, 0.1) is 0 Å². The monoisotopic (exact) mass is 444 g/mol. The van der Waals surface area contributed by atoms with E-state index in [1.165, 1.54) is 21.3 Å². The molecular weight excluding hydrogens is 420 g/mol. The summed E-state index contributed by atoms with van der Waals surface area (Å²) in [7, 11) is 0.272. The molecule has 2 aromatic rings. The Hall–Kier alpha value is -3.46. The second kappa shape index (κ2) is 8.73. The number of hydrogen-bond donors (Lipinski definition) is 1. The second-order valence-electron chi connectivity index (χ2n) is 6.73. The summed E-state index contributed by atoms with van der Waals surface area (Å²) in [5.41, 5.74) is 1.72. The van der Waals surface area contributed by atoms with Crippen LogP contribution < -0.4 is 23.8 Å². The lowest BCUT2D eigenvalue weighted by molar-refractivity contribution is -0.112. The number of allylic oxidation sites excluding steroid dienone is 1. The number of amides is 1. The van der Waals surface area contributed by atoms with Gasteiger partial charge in [0.1, 0.15) is 12.4 Å². The number of ether oxygens (including phenoxy) is 3. The van der Waals surface area contributed by atoms with Gasteiger partial charge in [0.15, 0.2) is 16.4 Å². The highest BCUT2D eigenvalue weighted by molar-refractivity contribution is 7.97. The number of hydrogen-bond acceptors (Lipinski definition) is 6. The molecule has 0 aliphatic carbocycles. The van der Waals surface area contributed by atoms with Gasteiger partial charge in [0.2, 0.25) is 0 Å². The van der Waals surface area contributed by atoms with Gasteiger partial charge in [-0.15, -0.1) is 0 Å². The van der Waals surface area contributed by atoms with Crippen LogP contribution in [-0.4, -0.2) is 42.2 Å². The molecule has 31 heavy (non-hydrogen) atoms. The topological polar surface area (TPSA) is 94.2 Å². The third-order valence-electron chi connectivity index (χ3n) is 4.89. The summed E-state index contributed by atoms with van der Waals surface area (Å²) in [4.78, 5) is 12.7. The molecule has 0 bridgehead atoms. The summed E-state index contributed by atoms with van der Waals surface area (Å²) in [5.74, 6) is 0.698. The maximum atomic E-state index is 13.1. The first-order chi connectivity index (χ1) is 14.7. The van der Waals surface area contributed by atoms with Gasteiger partial charge in [-0.05, 0) is 42.8 Å². The van der Waals surface area contributed by atoms with E-state index in [0.29, 0.717) is 46.4 Å². The van der Waals surface area contributed by atoms with Crippen LogP contribution in [-0.2, 0) is 14.8 Å². The fraction of sp³-hybridized carbons (Fsp3) is 0.227. The van der Waals surface area contributed by atoms with Crippen molar-refractivity contribution in [2.75, 3.05) is 37.5 Å². The smallest absolute Gasteiger partial charge is 0.269 e. The molecule has 0 radical (unpaired) electrons. The van der Waals surface area contributed by atoms with Crippen LogP contribution in [0.3, 0.4) is 0 Å². The van der Waals surface area contributed by atoms with E-state index < -0.39 is 15.9 Å². The number of methoxy groups -OCH3 is 2. The lowest BCUT2D eigenvalue weighted by Gasteiger charge is -2.30. The van der Waals surface area contributed by atoms with E-state index in [4.69, 9.17) is 14.2 Å². The summed E-state index contributed by atoms with van der Waals surface area (Å²) in [6.07, 6.45) is 1.62. The van der Waals surface area contributed by atoms with Gasteiger partial charge in [0.25, 0.3) is 15.9 Å².